The van der Waals surface area contributed by atoms with E-state index in [9.17, 15) is 23.1 Å². The molecule has 1 amide bonds. The van der Waals surface area contributed by atoms with Gasteiger partial charge in [0.05, 0.1) is 23.8 Å². The summed E-state index contributed by atoms with van der Waals surface area (Å²) in [4.78, 5) is 35.4. The van der Waals surface area contributed by atoms with E-state index < -0.39 is 21.7 Å². The zero-order chi connectivity index (χ0) is 29.0. The zero-order valence-corrected chi connectivity index (χ0v) is 24.1. The number of nitrogens with one attached hydrogen (secondary N) is 1. The number of likely N-dealkylation sites (tertiary alicyclic amines) is 1. The summed E-state index contributed by atoms with van der Waals surface area (Å²) in [6.45, 7) is 1.28. The number of ether oxygens (including phenoxy) is 1. The number of nitrogens with zero attached hydrogens (tertiary/aromatic N) is 4. The van der Waals surface area contributed by atoms with Crippen molar-refractivity contribution in [3.63, 3.8) is 0 Å². The monoisotopic (exact) mass is 583 g/mol. The highest BCUT2D eigenvalue weighted by atomic mass is 32.2. The normalized spacial score (nSPS) is 21.5. The highest BCUT2D eigenvalue weighted by molar-refractivity contribution is 7.90. The number of benzene rings is 1. The lowest BCUT2D eigenvalue weighted by molar-refractivity contribution is -0.147. The average Bonchev–Trinajstić information content (AvgIpc) is 3.40. The van der Waals surface area contributed by atoms with Gasteiger partial charge in [-0.05, 0) is 69.2 Å². The van der Waals surface area contributed by atoms with Gasteiger partial charge < -0.3 is 24.6 Å². The molecule has 5 rings (SSSR count). The third-order valence-corrected chi connectivity index (χ3v) is 9.02. The zero-order valence-electron chi connectivity index (χ0n) is 23.2. The second-order valence-electron chi connectivity index (χ2n) is 11.1. The average molecular weight is 584 g/mol. The van der Waals surface area contributed by atoms with Gasteiger partial charge in [-0.25, -0.2) is 13.4 Å². The number of carboxylic acid groups (broad SMARTS) is 1. The summed E-state index contributed by atoms with van der Waals surface area (Å²) in [5.41, 5.74) is 0.914. The molecule has 0 spiro atoms. The van der Waals surface area contributed by atoms with Crippen molar-refractivity contribution >= 4 is 38.6 Å². The SMILES string of the molecule is CS(=O)(=O)CCCOc1cccc2c1ccn2-c1ccnc(NC2CCC(C(=O)N3CCCC(C(=O)O)C3)CC2)n1. The van der Waals surface area contributed by atoms with E-state index >= 15 is 0 Å². The number of anilines is 1. The van der Waals surface area contributed by atoms with Crippen LogP contribution in [-0.4, -0.2) is 82.6 Å². The van der Waals surface area contributed by atoms with Gasteiger partial charge in [0, 0.05) is 49.1 Å². The molecule has 1 aromatic carbocycles. The Morgan fingerprint density at radius 1 is 1.10 bits per heavy atom. The highest BCUT2D eigenvalue weighted by Gasteiger charge is 2.34. The van der Waals surface area contributed by atoms with Crippen LogP contribution in [0.1, 0.15) is 44.9 Å². The smallest absolute Gasteiger partial charge is 0.308 e. The second kappa shape index (κ2) is 12.5. The van der Waals surface area contributed by atoms with E-state index in [1.54, 1.807) is 11.1 Å². The number of carbonyl (C=O) groups is 2. The fourth-order valence-corrected chi connectivity index (χ4v) is 6.47. The van der Waals surface area contributed by atoms with Crippen LogP contribution < -0.4 is 10.1 Å². The molecule has 12 heteroatoms. The summed E-state index contributed by atoms with van der Waals surface area (Å²) >= 11 is 0. The lowest BCUT2D eigenvalue weighted by atomic mass is 9.84. The summed E-state index contributed by atoms with van der Waals surface area (Å²) < 4.78 is 30.6. The Kier molecular flexibility index (Phi) is 8.77. The molecule has 3 heterocycles. The van der Waals surface area contributed by atoms with E-state index in [4.69, 9.17) is 9.72 Å². The highest BCUT2D eigenvalue weighted by Crippen LogP contribution is 2.31. The maximum absolute atomic E-state index is 13.1. The molecule has 2 aromatic heterocycles. The number of aromatic nitrogens is 3. The van der Waals surface area contributed by atoms with Gasteiger partial charge in [0.25, 0.3) is 0 Å². The van der Waals surface area contributed by atoms with Crippen LogP contribution in [0.15, 0.2) is 42.7 Å². The molecule has 11 nitrogen and oxygen atoms in total. The molecule has 3 aromatic rings. The van der Waals surface area contributed by atoms with Gasteiger partial charge in [-0.1, -0.05) is 6.07 Å². The second-order valence-corrected chi connectivity index (χ2v) is 13.4. The molecular formula is C29H37N5O6S. The Morgan fingerprint density at radius 2 is 1.90 bits per heavy atom. The maximum Gasteiger partial charge on any atom is 0.308 e. The van der Waals surface area contributed by atoms with E-state index in [0.29, 0.717) is 50.1 Å². The number of fused-ring (bicyclic) bond motifs is 1. The number of rotatable bonds is 10. The molecule has 1 aliphatic carbocycles. The lowest BCUT2D eigenvalue weighted by Crippen LogP contribution is -2.46. The van der Waals surface area contributed by atoms with Crippen molar-refractivity contribution in [2.45, 2.75) is 51.0 Å². The number of aliphatic carboxylic acids is 1. The molecule has 220 valence electrons. The van der Waals surface area contributed by atoms with E-state index in [-0.39, 0.29) is 23.6 Å². The summed E-state index contributed by atoms with van der Waals surface area (Å²) in [7, 11) is -3.02. The Labute approximate surface area is 239 Å². The number of sulfone groups is 1. The molecule has 2 fully saturated rings. The molecule has 1 saturated carbocycles. The number of hydrogen-bond acceptors (Lipinski definition) is 8. The Morgan fingerprint density at radius 3 is 2.66 bits per heavy atom. The van der Waals surface area contributed by atoms with Crippen LogP contribution >= 0.6 is 0 Å². The van der Waals surface area contributed by atoms with Crippen LogP contribution in [0.4, 0.5) is 5.95 Å². The van der Waals surface area contributed by atoms with Gasteiger partial charge >= 0.3 is 5.97 Å². The largest absolute Gasteiger partial charge is 0.493 e. The number of carboxylic acids is 1. The van der Waals surface area contributed by atoms with E-state index in [1.807, 2.05) is 41.1 Å². The Bertz CT molecular complexity index is 1500. The van der Waals surface area contributed by atoms with Crippen molar-refractivity contribution in [1.29, 1.82) is 0 Å². The summed E-state index contributed by atoms with van der Waals surface area (Å²) in [6, 6.07) is 9.69. The van der Waals surface area contributed by atoms with Gasteiger partial charge in [0.2, 0.25) is 11.9 Å². The summed E-state index contributed by atoms with van der Waals surface area (Å²) in [5.74, 6) is 0.745. The van der Waals surface area contributed by atoms with Crippen LogP contribution in [0.2, 0.25) is 0 Å². The third-order valence-electron chi connectivity index (χ3n) is 7.99. The topological polar surface area (TPSA) is 144 Å². The fraction of sp³-hybridized carbons (Fsp3) is 0.517. The first-order valence-electron chi connectivity index (χ1n) is 14.2. The predicted molar refractivity (Wildman–Crippen MR) is 155 cm³/mol. The van der Waals surface area contributed by atoms with Crippen molar-refractivity contribution in [1.82, 2.24) is 19.4 Å². The molecule has 0 radical (unpaired) electrons. The number of hydrogen-bond donors (Lipinski definition) is 2. The van der Waals surface area contributed by atoms with Crippen LogP contribution in [0.5, 0.6) is 5.75 Å². The van der Waals surface area contributed by atoms with Crippen molar-refractivity contribution in [3.05, 3.63) is 42.7 Å². The first-order chi connectivity index (χ1) is 19.7. The van der Waals surface area contributed by atoms with Gasteiger partial charge in [-0.15, -0.1) is 0 Å². The van der Waals surface area contributed by atoms with Gasteiger partial charge in [-0.3, -0.25) is 9.59 Å². The van der Waals surface area contributed by atoms with Gasteiger partial charge in [0.1, 0.15) is 21.4 Å². The van der Waals surface area contributed by atoms with Crippen LogP contribution in [0.25, 0.3) is 16.7 Å². The van der Waals surface area contributed by atoms with Crippen LogP contribution in [-0.2, 0) is 19.4 Å². The molecule has 41 heavy (non-hydrogen) atoms. The van der Waals surface area contributed by atoms with Gasteiger partial charge in [0.15, 0.2) is 0 Å². The third kappa shape index (κ3) is 7.16. The first kappa shape index (κ1) is 28.8. The van der Waals surface area contributed by atoms with E-state index in [0.717, 1.165) is 43.0 Å². The first-order valence-corrected chi connectivity index (χ1v) is 16.3. The molecule has 0 bridgehead atoms. The molecular weight excluding hydrogens is 546 g/mol. The van der Waals surface area contributed by atoms with Crippen molar-refractivity contribution in [2.75, 3.05) is 37.0 Å². The quantitative estimate of drug-likeness (QED) is 0.343. The number of amides is 1. The Hall–Kier alpha value is -3.67. The summed E-state index contributed by atoms with van der Waals surface area (Å²) in [5, 5.41) is 13.7. The van der Waals surface area contributed by atoms with Crippen molar-refractivity contribution in [3.8, 4) is 11.6 Å². The molecule has 1 atom stereocenters. The standard InChI is InChI=1S/C29H37N5O6S/c1-41(38,39)18-4-17-40-25-7-2-6-24-23(25)13-16-34(24)26-12-14-30-29(32-26)31-22-10-8-20(9-11-22)27(35)33-15-3-5-21(19-33)28(36)37/h2,6-7,12-14,16,20-22H,3-5,8-11,15,17-19H2,1H3,(H,36,37)(H,30,31,32). The molecule has 2 N–H and O–H groups in total. The van der Waals surface area contributed by atoms with Crippen molar-refractivity contribution < 1.29 is 27.9 Å². The van der Waals surface area contributed by atoms with E-state index in [1.165, 1.54) is 6.26 Å². The minimum Gasteiger partial charge on any atom is -0.493 e. The minimum absolute atomic E-state index is 0.0677. The maximum atomic E-state index is 13.1. The molecule has 2 aliphatic rings. The van der Waals surface area contributed by atoms with Crippen molar-refractivity contribution in [2.24, 2.45) is 11.8 Å². The lowest BCUT2D eigenvalue weighted by Gasteiger charge is -2.36. The molecule has 1 saturated heterocycles. The minimum atomic E-state index is -3.02. The molecule has 1 aliphatic heterocycles. The number of carbonyl (C=O) groups excluding carboxylic acids is 1. The molecule has 1 unspecified atom stereocenters. The predicted octanol–water partition coefficient (Wildman–Crippen LogP) is 3.53. The van der Waals surface area contributed by atoms with E-state index in [2.05, 4.69) is 10.3 Å². The van der Waals surface area contributed by atoms with Gasteiger partial charge in [-0.2, -0.15) is 4.98 Å². The van der Waals surface area contributed by atoms with Crippen LogP contribution in [0.3, 0.4) is 0 Å². The fourth-order valence-electron chi connectivity index (χ4n) is 5.83. The Balaban J connectivity index is 1.19. The summed E-state index contributed by atoms with van der Waals surface area (Å²) in [6.07, 6.45) is 9.79. The number of piperidine rings is 1. The van der Waals surface area contributed by atoms with Crippen LogP contribution in [0, 0.1) is 11.8 Å².